The SMILES string of the molecule is CCCCO[Si](C)(CCC(F)(F)C(F)(F)C(F)(F)C(F)(F)C(F)(F)C(F)(F)C(F)(F)C(F)(F)F)OCCCC(C)CCC(F)(F)C(F)(F)C(F)(F)C(F)(F)C(F)(F)C(F)(F)C(F)(F)C(F)(F)F. The quantitative estimate of drug-likeness (QED) is 0.0464. The Morgan fingerprint density at radius 2 is 0.597 bits per heavy atom. The van der Waals surface area contributed by atoms with E-state index in [0.717, 1.165) is 0 Å². The molecule has 404 valence electrons. The van der Waals surface area contributed by atoms with Crippen LogP contribution in [-0.2, 0) is 8.85 Å². The Kier molecular flexibility index (Phi) is 18.4. The van der Waals surface area contributed by atoms with Crippen molar-refractivity contribution < 1.29 is 158 Å². The van der Waals surface area contributed by atoms with Gasteiger partial charge in [-0.05, 0) is 44.2 Å². The maximum atomic E-state index is 14.6. The Hall–Kier alpha value is -2.24. The molecule has 0 aromatic carbocycles. The lowest BCUT2D eigenvalue weighted by Gasteiger charge is -2.43. The Morgan fingerprint density at radius 1 is 0.343 bits per heavy atom. The van der Waals surface area contributed by atoms with Crippen LogP contribution in [0.1, 0.15) is 58.8 Å². The summed E-state index contributed by atoms with van der Waals surface area (Å²) in [4.78, 5) is 0. The summed E-state index contributed by atoms with van der Waals surface area (Å²) >= 11 is 0. The van der Waals surface area contributed by atoms with Gasteiger partial charge in [-0.25, -0.2) is 0 Å². The molecule has 0 saturated carbocycles. The first-order chi connectivity index (χ1) is 28.9. The van der Waals surface area contributed by atoms with Crippen LogP contribution in [-0.4, -0.2) is 117 Å². The molecular formula is C30H30F34O2Si. The first kappa shape index (κ1) is 64.8. The number of hydrogen-bond acceptors (Lipinski definition) is 2. The second-order valence-corrected chi connectivity index (χ2v) is 18.1. The van der Waals surface area contributed by atoms with Crippen LogP contribution in [0.5, 0.6) is 0 Å². The Bertz CT molecular complexity index is 1620. The van der Waals surface area contributed by atoms with Gasteiger partial charge in [0.1, 0.15) is 0 Å². The summed E-state index contributed by atoms with van der Waals surface area (Å²) in [5, 5.41) is 0. The van der Waals surface area contributed by atoms with Crippen molar-refractivity contribution in [2.24, 2.45) is 5.92 Å². The van der Waals surface area contributed by atoms with E-state index in [1.807, 2.05) is 0 Å². The molecule has 0 aliphatic carbocycles. The van der Waals surface area contributed by atoms with Crippen LogP contribution in [0.15, 0.2) is 0 Å². The fourth-order valence-electron chi connectivity index (χ4n) is 5.00. The third kappa shape index (κ3) is 10.7. The minimum atomic E-state index is -8.91. The third-order valence-electron chi connectivity index (χ3n) is 9.57. The van der Waals surface area contributed by atoms with Crippen molar-refractivity contribution in [3.8, 4) is 0 Å². The fraction of sp³-hybridized carbons (Fsp3) is 1.00. The van der Waals surface area contributed by atoms with Gasteiger partial charge in [-0.1, -0.05) is 20.3 Å². The molecule has 0 aliphatic rings. The van der Waals surface area contributed by atoms with E-state index in [1.54, 1.807) is 0 Å². The molecule has 0 radical (unpaired) electrons. The summed E-state index contributed by atoms with van der Waals surface area (Å²) in [6.07, 6.45) is -25.2. The zero-order valence-corrected chi connectivity index (χ0v) is 33.8. The molecule has 2 nitrogen and oxygen atoms in total. The van der Waals surface area contributed by atoms with Gasteiger partial charge in [0, 0.05) is 26.1 Å². The summed E-state index contributed by atoms with van der Waals surface area (Å²) in [6.45, 7) is 0.800. The molecule has 0 aliphatic heterocycles. The number of rotatable bonds is 27. The highest BCUT2D eigenvalue weighted by Gasteiger charge is 2.97. The highest BCUT2D eigenvalue weighted by molar-refractivity contribution is 6.66. The van der Waals surface area contributed by atoms with Gasteiger partial charge in [-0.15, -0.1) is 0 Å². The van der Waals surface area contributed by atoms with Crippen molar-refractivity contribution >= 4 is 8.56 Å². The Morgan fingerprint density at radius 3 is 0.881 bits per heavy atom. The molecule has 0 fully saturated rings. The summed E-state index contributed by atoms with van der Waals surface area (Å²) in [7, 11) is -4.76. The highest BCUT2D eigenvalue weighted by atomic mass is 28.4. The normalized spacial score (nSPS) is 17.5. The van der Waals surface area contributed by atoms with Crippen molar-refractivity contribution in [1.29, 1.82) is 0 Å². The first-order valence-corrected chi connectivity index (χ1v) is 20.1. The van der Waals surface area contributed by atoms with Crippen LogP contribution in [0.3, 0.4) is 0 Å². The summed E-state index contributed by atoms with van der Waals surface area (Å²) in [5.74, 6) is -118. The molecule has 0 aromatic rings. The summed E-state index contributed by atoms with van der Waals surface area (Å²) < 4.78 is 472. The van der Waals surface area contributed by atoms with Crippen molar-refractivity contribution in [2.75, 3.05) is 13.2 Å². The van der Waals surface area contributed by atoms with Crippen LogP contribution in [0.4, 0.5) is 149 Å². The van der Waals surface area contributed by atoms with Gasteiger partial charge in [-0.2, -0.15) is 149 Å². The number of unbranched alkanes of at least 4 members (excludes halogenated alkanes) is 1. The van der Waals surface area contributed by atoms with Crippen LogP contribution in [0.2, 0.25) is 12.6 Å². The van der Waals surface area contributed by atoms with E-state index in [-0.39, 0.29) is 12.8 Å². The van der Waals surface area contributed by atoms with Gasteiger partial charge in [0.05, 0.1) is 0 Å². The van der Waals surface area contributed by atoms with E-state index in [9.17, 15) is 149 Å². The molecule has 0 spiro atoms. The van der Waals surface area contributed by atoms with E-state index in [4.69, 9.17) is 8.85 Å². The molecular weight excluding hydrogens is 1070 g/mol. The van der Waals surface area contributed by atoms with Crippen LogP contribution >= 0.6 is 0 Å². The van der Waals surface area contributed by atoms with Crippen molar-refractivity contribution in [2.45, 2.75) is 167 Å². The van der Waals surface area contributed by atoms with E-state index in [1.165, 1.54) is 6.92 Å². The van der Waals surface area contributed by atoms with Gasteiger partial charge in [0.15, 0.2) is 0 Å². The van der Waals surface area contributed by atoms with Gasteiger partial charge < -0.3 is 8.85 Å². The maximum absolute atomic E-state index is 14.6. The van der Waals surface area contributed by atoms with Crippen LogP contribution in [0.25, 0.3) is 0 Å². The van der Waals surface area contributed by atoms with Gasteiger partial charge >= 0.3 is 104 Å². The largest absolute Gasteiger partial charge is 0.460 e. The number of alkyl halides is 34. The average Bonchev–Trinajstić information content (AvgIpc) is 3.13. The molecule has 0 amide bonds. The lowest BCUT2D eigenvalue weighted by Crippen LogP contribution is -2.74. The molecule has 0 heterocycles. The predicted molar refractivity (Wildman–Crippen MR) is 157 cm³/mol. The van der Waals surface area contributed by atoms with Gasteiger partial charge in [0.2, 0.25) is 0 Å². The zero-order valence-electron chi connectivity index (χ0n) is 32.8. The first-order valence-electron chi connectivity index (χ1n) is 17.6. The molecule has 0 saturated heterocycles. The molecule has 0 aromatic heterocycles. The van der Waals surface area contributed by atoms with E-state index < -0.39 is 161 Å². The smallest absolute Gasteiger partial charge is 0.394 e. The van der Waals surface area contributed by atoms with E-state index in [0.29, 0.717) is 13.5 Å². The molecule has 0 bridgehead atoms. The van der Waals surface area contributed by atoms with Crippen molar-refractivity contribution in [3.63, 3.8) is 0 Å². The topological polar surface area (TPSA) is 18.5 Å². The number of halogens is 34. The minimum absolute atomic E-state index is 0.0971. The lowest BCUT2D eigenvalue weighted by molar-refractivity contribution is -0.461. The minimum Gasteiger partial charge on any atom is -0.394 e. The van der Waals surface area contributed by atoms with Crippen LogP contribution < -0.4 is 0 Å². The van der Waals surface area contributed by atoms with Crippen molar-refractivity contribution in [1.82, 2.24) is 0 Å². The lowest BCUT2D eigenvalue weighted by atomic mass is 9.87. The van der Waals surface area contributed by atoms with E-state index in [2.05, 4.69) is 0 Å². The Balaban J connectivity index is 6.27. The maximum Gasteiger partial charge on any atom is 0.460 e. The highest BCUT2D eigenvalue weighted by Crippen LogP contribution is 2.66. The van der Waals surface area contributed by atoms with E-state index >= 15 is 0 Å². The van der Waals surface area contributed by atoms with Gasteiger partial charge in [0.25, 0.3) is 0 Å². The molecule has 2 atom stereocenters. The summed E-state index contributed by atoms with van der Waals surface area (Å²) in [6, 6.07) is -1.89. The van der Waals surface area contributed by atoms with Crippen molar-refractivity contribution in [3.05, 3.63) is 0 Å². The second-order valence-electron chi connectivity index (χ2n) is 14.8. The second kappa shape index (κ2) is 19.1. The molecule has 67 heavy (non-hydrogen) atoms. The van der Waals surface area contributed by atoms with Crippen LogP contribution in [0, 0.1) is 5.92 Å². The van der Waals surface area contributed by atoms with Gasteiger partial charge in [-0.3, -0.25) is 0 Å². The third-order valence-corrected chi connectivity index (χ3v) is 12.4. The monoisotopic (exact) mass is 1100 g/mol. The fourth-order valence-corrected chi connectivity index (χ4v) is 7.29. The Labute approximate surface area is 353 Å². The molecule has 2 unspecified atom stereocenters. The average molecular weight is 1100 g/mol. The number of hydrogen-bond donors (Lipinski definition) is 0. The standard InChI is InChI=1S/C30H30F34O2Si/c1-4-5-11-65-67(3,13-10-16(33,34)18(37,38)20(41,42)22(45,46)24(49,50)26(53,54)28(57,58)30(62,63)64)66-12-6-7-14(2)8-9-15(31,32)17(35,36)19(39,40)21(43,44)23(47,48)25(51,52)27(55,56)29(59,60)61/h14H,4-13H2,1-3H3. The zero-order chi connectivity index (χ0) is 54.6. The molecule has 37 heteroatoms. The molecule has 0 rings (SSSR count). The summed E-state index contributed by atoms with van der Waals surface area (Å²) in [5.41, 5.74) is 0. The molecule has 0 N–H and O–H groups in total. The predicted octanol–water partition coefficient (Wildman–Crippen LogP) is 15.5.